The fraction of sp³-hybridized carbons (Fsp3) is 0.304. The number of Topliss-reactive ketones (excluding diaryl/α,β-unsaturated/α-hetero) is 6. The highest BCUT2D eigenvalue weighted by atomic mass is 16.5. The fourth-order valence-corrected chi connectivity index (χ4v) is 14.5. The third-order valence-electron chi connectivity index (χ3n) is 23.0. The molecule has 0 saturated carbocycles. The lowest BCUT2D eigenvalue weighted by molar-refractivity contribution is -0.122. The summed E-state index contributed by atoms with van der Waals surface area (Å²) in [5, 5.41) is 109. The molecule has 0 unspecified atom stereocenters. The molecule has 0 amide bonds. The zero-order valence-electron chi connectivity index (χ0n) is 76.5. The molecule has 12 rings (SSSR count). The smallest absolute Gasteiger partial charge is 0.352 e. The van der Waals surface area contributed by atoms with E-state index >= 15 is 0 Å². The van der Waals surface area contributed by atoms with Crippen molar-refractivity contribution in [3.8, 4) is 69.0 Å². The molecule has 0 atom stereocenters. The summed E-state index contributed by atoms with van der Waals surface area (Å²) in [7, 11) is 0. The first-order valence-electron chi connectivity index (χ1n) is 42.5. The van der Waals surface area contributed by atoms with Gasteiger partial charge in [-0.05, 0) is 176 Å². The largest absolute Gasteiger partial charge is 0.507 e. The van der Waals surface area contributed by atoms with Crippen LogP contribution in [0.1, 0.15) is 238 Å². The van der Waals surface area contributed by atoms with Crippen LogP contribution in [0, 0.1) is 20.8 Å². The zero-order valence-corrected chi connectivity index (χ0v) is 76.5. The molecule has 30 nitrogen and oxygen atoms in total. The van der Waals surface area contributed by atoms with Crippen LogP contribution in [0.3, 0.4) is 0 Å². The lowest BCUT2D eigenvalue weighted by Crippen LogP contribution is -2.26. The second-order valence-corrected chi connectivity index (χ2v) is 31.5. The highest BCUT2D eigenvalue weighted by Crippen LogP contribution is 2.47. The van der Waals surface area contributed by atoms with E-state index in [9.17, 15) is 98.7 Å². The Kier molecular flexibility index (Phi) is 38.6. The van der Waals surface area contributed by atoms with Gasteiger partial charge in [-0.25, -0.2) is 14.8 Å². The van der Waals surface area contributed by atoms with E-state index in [1.165, 1.54) is 33.9 Å². The zero-order chi connectivity index (χ0) is 97.8. The van der Waals surface area contributed by atoms with Crippen LogP contribution in [0.15, 0.2) is 176 Å². The summed E-state index contributed by atoms with van der Waals surface area (Å²) in [4.78, 5) is 140. The van der Waals surface area contributed by atoms with Crippen LogP contribution < -0.4 is 18.9 Å². The minimum atomic E-state index is -1.35. The number of pyridine rings is 2. The summed E-state index contributed by atoms with van der Waals surface area (Å²) < 4.78 is 18.8. The number of aliphatic hydroxyl groups is 4. The third-order valence-corrected chi connectivity index (χ3v) is 23.0. The predicted molar refractivity (Wildman–Crippen MR) is 497 cm³/mol. The number of fused-ring (bicyclic) bond motifs is 8. The summed E-state index contributed by atoms with van der Waals surface area (Å²) in [6.45, 7) is 28.1. The number of aliphatic hydroxyl groups excluding tert-OH is 4. The minimum Gasteiger partial charge on any atom is -0.507 e. The van der Waals surface area contributed by atoms with Crippen molar-refractivity contribution < 1.29 is 128 Å². The number of aromatic amines is 2. The standard InChI is InChI=1S/C22H28O2.C22H26O2.C15H22O4.C15H20O4.C14H6N2O8.C14H10N2O6/c2*1-5-15(2)9-8-10-16(3)13-14-18-17(4)21(23)19-11-6-7-12-20(19)22(18)24;2*1-4-9(2)5-6-11-10(3)14(18)12(7-16)13(8-17)15(11)19;17-3-23-7-2-8(24-4-18)16-11-9(7)10-5(12(19)13(11)20)1-6(15-10)14(21)22;1-6-2-7-11(15-6)10-8(21-4-17)3-9(22-5-18)16-12(10)14(20)13(7)19/h6-7,9,11-13,23-24H,5,8,10,14H2,1-4H3;6-7,9,11-13H,5,8,10,14H2,1-4H3;5,16-19H,4,6-8H2,1-3H3;5,16-17H,4,6-8H2,1-3H3;1-4,15H,(H,21,22);2-5,15,19-20H,1H3/b2*15-9+,16-13+;2*9-5+;;. The Morgan fingerprint density at radius 1 is 0.402 bits per heavy atom. The van der Waals surface area contributed by atoms with Crippen molar-refractivity contribution in [2.45, 2.75) is 194 Å². The van der Waals surface area contributed by atoms with Crippen molar-refractivity contribution in [2.75, 3.05) is 13.2 Å². The molecule has 3 aliphatic carbocycles. The molecule has 4 heterocycles. The Labute approximate surface area is 762 Å². The van der Waals surface area contributed by atoms with Crippen LogP contribution in [-0.4, -0.2) is 156 Å². The quantitative estimate of drug-likeness (QED) is 0.00479. The monoisotopic (exact) mass is 1810 g/mol. The number of hydrogen-bond acceptors (Lipinski definition) is 27. The molecule has 0 aliphatic heterocycles. The maximum atomic E-state index is 12.7. The molecule has 696 valence electrons. The first kappa shape index (κ1) is 104. The van der Waals surface area contributed by atoms with Crippen molar-refractivity contribution in [3.05, 3.63) is 243 Å². The van der Waals surface area contributed by atoms with Gasteiger partial charge in [0.05, 0.1) is 54.2 Å². The highest BCUT2D eigenvalue weighted by molar-refractivity contribution is 6.52. The van der Waals surface area contributed by atoms with Gasteiger partial charge in [0.25, 0.3) is 31.7 Å². The Morgan fingerprint density at radius 2 is 0.841 bits per heavy atom. The molecule has 30 heteroatoms. The van der Waals surface area contributed by atoms with Crippen LogP contribution in [0.2, 0.25) is 0 Å². The number of benzene rings is 5. The van der Waals surface area contributed by atoms with E-state index in [1.54, 1.807) is 52.0 Å². The number of phenols is 6. The number of ether oxygens (including phenoxy) is 4. The van der Waals surface area contributed by atoms with Crippen LogP contribution in [0.5, 0.6) is 57.8 Å². The molecule has 0 bridgehead atoms. The maximum absolute atomic E-state index is 12.7. The van der Waals surface area contributed by atoms with Gasteiger partial charge in [-0.2, -0.15) is 0 Å². The number of rotatable bonds is 31. The molecule has 3 aliphatic rings. The number of aromatic carboxylic acids is 1. The van der Waals surface area contributed by atoms with Gasteiger partial charge in [-0.15, -0.1) is 0 Å². The highest BCUT2D eigenvalue weighted by Gasteiger charge is 2.38. The van der Waals surface area contributed by atoms with Crippen molar-refractivity contribution in [1.82, 2.24) is 19.9 Å². The number of phenolic OH excluding ortho intramolecular Hbond substituents is 4. The lowest BCUT2D eigenvalue weighted by Gasteiger charge is -2.19. The van der Waals surface area contributed by atoms with E-state index in [2.05, 4.69) is 95.3 Å². The topological polar surface area (TPSA) is 505 Å². The van der Waals surface area contributed by atoms with E-state index in [-0.39, 0.29) is 157 Å². The van der Waals surface area contributed by atoms with Gasteiger partial charge < -0.3 is 85.1 Å². The average Bonchev–Trinajstić information content (AvgIpc) is 1.47. The van der Waals surface area contributed by atoms with Crippen LogP contribution >= 0.6 is 0 Å². The van der Waals surface area contributed by atoms with Gasteiger partial charge >= 0.3 is 5.97 Å². The number of carboxylic acids is 1. The number of allylic oxidation sites excluding steroid dienone is 16. The Bertz CT molecular complexity index is 6280. The molecule has 132 heavy (non-hydrogen) atoms. The molecule has 0 saturated heterocycles. The molecule has 0 radical (unpaired) electrons. The normalized spacial score (nSPS) is 13.5. The van der Waals surface area contributed by atoms with Crippen LogP contribution in [0.25, 0.3) is 43.8 Å². The number of aromatic nitrogens is 4. The van der Waals surface area contributed by atoms with Crippen molar-refractivity contribution in [2.24, 2.45) is 0 Å². The minimum absolute atomic E-state index is 0.00604. The number of carbonyl (C=O) groups excluding carboxylic acids is 10. The number of H-pyrrole nitrogens is 2. The summed E-state index contributed by atoms with van der Waals surface area (Å²) in [6, 6.07) is 19.5. The molecule has 13 N–H and O–H groups in total. The van der Waals surface area contributed by atoms with Crippen molar-refractivity contribution in [3.63, 3.8) is 0 Å². The Balaban J connectivity index is 0.000000217. The van der Waals surface area contributed by atoms with Crippen LogP contribution in [-0.2, 0) is 54.8 Å². The second-order valence-electron chi connectivity index (χ2n) is 31.5. The van der Waals surface area contributed by atoms with Gasteiger partial charge in [0.15, 0.2) is 34.6 Å². The lowest BCUT2D eigenvalue weighted by atomic mass is 9.83. The van der Waals surface area contributed by atoms with E-state index < -0.39 is 55.4 Å². The number of aromatic hydroxyl groups is 6. The molecule has 0 fully saturated rings. The van der Waals surface area contributed by atoms with Crippen molar-refractivity contribution >= 4 is 99.1 Å². The Morgan fingerprint density at radius 3 is 1.36 bits per heavy atom. The molecule has 9 aromatic rings. The summed E-state index contributed by atoms with van der Waals surface area (Å²) in [5.41, 5.74) is 14.0. The van der Waals surface area contributed by atoms with E-state index in [0.29, 0.717) is 91.9 Å². The summed E-state index contributed by atoms with van der Waals surface area (Å²) >= 11 is 0. The Hall–Kier alpha value is -14.6. The first-order chi connectivity index (χ1) is 62.9. The summed E-state index contributed by atoms with van der Waals surface area (Å²) in [6.07, 6.45) is 22.9. The first-order valence-corrected chi connectivity index (χ1v) is 42.5. The predicted octanol–water partition coefficient (Wildman–Crippen LogP) is 17.5. The number of ketones is 6. The SMILES string of the molecule is CC/C(C)=C/CC/C(C)=C/CC1=C(C)C(=O)c2ccccc2C1=O.CC/C(C)=C/CC/C(C)=C/Cc1c(C)c(O)c2ccccc2c1O.CC/C(C)=C/CC1=C(C)C(=O)C(CO)=C(CO)C1=O.CC/C(C)=C/Cc1c(C)c(O)c(CO)c(CO)c1O.Cc1cc2c(O)c(O)c3nc(OC=O)cc(OC=O)c3c2[nH]1.O=COc1cc(OC=O)c2c(n1)C(=O)C(=O)c1cc(C(=O)O)[nH]c1-2. The summed E-state index contributed by atoms with van der Waals surface area (Å²) in [5.74, 6) is -5.27. The third kappa shape index (κ3) is 24.7. The number of nitrogens with one attached hydrogen (secondary N) is 2. The number of nitrogens with zero attached hydrogens (tertiary/aromatic N) is 2. The maximum Gasteiger partial charge on any atom is 0.352 e. The number of carbonyl (C=O) groups is 11. The van der Waals surface area contributed by atoms with E-state index in [4.69, 9.17) is 19.7 Å². The molecular weight excluding hydrogens is 1700 g/mol. The van der Waals surface area contributed by atoms with E-state index in [0.717, 1.165) is 85.9 Å². The number of aryl methyl sites for hydroxylation is 1. The molecule has 0 spiro atoms. The fourth-order valence-electron chi connectivity index (χ4n) is 14.5. The van der Waals surface area contributed by atoms with Gasteiger partial charge in [0, 0.05) is 101 Å². The molecule has 5 aromatic carbocycles. The second kappa shape index (κ2) is 48.7. The number of carboxylic acid groups (broad SMARTS) is 1. The van der Waals surface area contributed by atoms with Gasteiger partial charge in [0.2, 0.25) is 17.5 Å². The van der Waals surface area contributed by atoms with Gasteiger partial charge in [-0.3, -0.25) is 47.9 Å². The van der Waals surface area contributed by atoms with Gasteiger partial charge in [-0.1, -0.05) is 146 Å². The molecular formula is C102H112N4O26. The average molecular weight is 1810 g/mol. The van der Waals surface area contributed by atoms with Crippen LogP contribution in [0.4, 0.5) is 0 Å². The molecule has 4 aromatic heterocycles. The number of hydrogen-bond donors (Lipinski definition) is 13. The van der Waals surface area contributed by atoms with Gasteiger partial charge in [0.1, 0.15) is 51.4 Å². The van der Waals surface area contributed by atoms with Crippen molar-refractivity contribution in [1.29, 1.82) is 0 Å². The van der Waals surface area contributed by atoms with E-state index in [1.807, 2.05) is 77.1 Å².